The highest BCUT2D eigenvalue weighted by Gasteiger charge is 2.81. The molecule has 0 aliphatic carbocycles. The molecule has 5 aliphatic heterocycles. The first kappa shape index (κ1) is 15.7. The quantitative estimate of drug-likeness (QED) is 0.853. The lowest BCUT2D eigenvalue weighted by atomic mass is 9.68. The molecule has 6 nitrogen and oxygen atoms in total. The number of hydrogen-bond acceptors (Lipinski definition) is 5. The van der Waals surface area contributed by atoms with Crippen LogP contribution in [0.25, 0.3) is 0 Å². The van der Waals surface area contributed by atoms with E-state index >= 15 is 0 Å². The van der Waals surface area contributed by atoms with E-state index in [2.05, 4.69) is 13.8 Å². The fourth-order valence-corrected chi connectivity index (χ4v) is 6.05. The minimum atomic E-state index is -0.708. The summed E-state index contributed by atoms with van der Waals surface area (Å²) in [5, 5.41) is 10.2. The molecular weight excluding hydrogens is 298 g/mol. The second-order valence-corrected chi connectivity index (χ2v) is 7.61. The van der Waals surface area contributed by atoms with Gasteiger partial charge in [-0.15, -0.1) is 0 Å². The molecule has 6 heteroatoms. The zero-order valence-electron chi connectivity index (χ0n) is 14.2. The molecule has 5 rings (SSSR count). The Labute approximate surface area is 137 Å². The third-order valence-electron chi connectivity index (χ3n) is 6.76. The highest BCUT2D eigenvalue weighted by Crippen LogP contribution is 2.68. The zero-order chi connectivity index (χ0) is 16.4. The van der Waals surface area contributed by atoms with Gasteiger partial charge in [0, 0.05) is 12.0 Å². The number of aliphatic hydroxyl groups excluding tert-OH is 1. The molecule has 1 N–H and O–H groups in total. The van der Waals surface area contributed by atoms with Crippen LogP contribution in [-0.4, -0.2) is 59.9 Å². The van der Waals surface area contributed by atoms with Crippen LogP contribution in [0.4, 0.5) is 4.79 Å². The summed E-state index contributed by atoms with van der Waals surface area (Å²) in [6.45, 7) is 4.90. The number of methoxy groups -OCH3 is 1. The van der Waals surface area contributed by atoms with E-state index in [-0.39, 0.29) is 36.7 Å². The Morgan fingerprint density at radius 1 is 1.48 bits per heavy atom. The molecule has 0 aromatic heterocycles. The maximum absolute atomic E-state index is 12.6. The maximum atomic E-state index is 12.6. The van der Waals surface area contributed by atoms with Crippen molar-refractivity contribution in [3.8, 4) is 0 Å². The molecule has 5 aliphatic rings. The van der Waals surface area contributed by atoms with Gasteiger partial charge in [0.1, 0.15) is 0 Å². The zero-order valence-corrected chi connectivity index (χ0v) is 14.2. The van der Waals surface area contributed by atoms with E-state index in [0.717, 1.165) is 25.7 Å². The summed E-state index contributed by atoms with van der Waals surface area (Å²) in [5.74, 6) is -0.476. The van der Waals surface area contributed by atoms with E-state index in [9.17, 15) is 9.90 Å². The van der Waals surface area contributed by atoms with Gasteiger partial charge in [-0.05, 0) is 18.8 Å². The van der Waals surface area contributed by atoms with E-state index in [0.29, 0.717) is 12.5 Å². The van der Waals surface area contributed by atoms with Crippen LogP contribution >= 0.6 is 0 Å². The van der Waals surface area contributed by atoms with Crippen LogP contribution in [0, 0.1) is 17.8 Å². The number of hydrogen-bond donors (Lipinski definition) is 1. The lowest BCUT2D eigenvalue weighted by Crippen LogP contribution is -2.68. The van der Waals surface area contributed by atoms with E-state index in [1.54, 1.807) is 0 Å². The smallest absolute Gasteiger partial charge is 0.410 e. The van der Waals surface area contributed by atoms with Crippen LogP contribution in [0.2, 0.25) is 0 Å². The monoisotopic (exact) mass is 325 g/mol. The SMILES string of the molecule is CCCC[C@]12[C@@H]3C[C@H]([C@H]4C(C)CO[C@@]4(O3)[C@H]1CO)N2C(=O)OC. The van der Waals surface area contributed by atoms with Crippen molar-refractivity contribution in [2.24, 2.45) is 17.8 Å². The molecule has 5 fully saturated rings. The summed E-state index contributed by atoms with van der Waals surface area (Å²) in [6.07, 6.45) is 3.35. The number of piperidine rings is 1. The molecule has 1 amide bonds. The van der Waals surface area contributed by atoms with Crippen LogP contribution < -0.4 is 0 Å². The molecule has 0 aromatic rings. The average molecular weight is 325 g/mol. The summed E-state index contributed by atoms with van der Waals surface area (Å²) >= 11 is 0. The molecule has 5 saturated heterocycles. The van der Waals surface area contributed by atoms with Gasteiger partial charge in [-0.3, -0.25) is 4.90 Å². The van der Waals surface area contributed by atoms with E-state index in [4.69, 9.17) is 14.2 Å². The fraction of sp³-hybridized carbons (Fsp3) is 0.941. The van der Waals surface area contributed by atoms with Crippen molar-refractivity contribution in [3.63, 3.8) is 0 Å². The number of rotatable bonds is 4. The molecule has 0 radical (unpaired) electrons. The molecule has 23 heavy (non-hydrogen) atoms. The minimum Gasteiger partial charge on any atom is -0.453 e. The molecule has 0 saturated carbocycles. The summed E-state index contributed by atoms with van der Waals surface area (Å²) in [6, 6.07) is 0.0957. The fourth-order valence-electron chi connectivity index (χ4n) is 6.05. The number of aliphatic hydroxyl groups is 1. The van der Waals surface area contributed by atoms with Gasteiger partial charge < -0.3 is 19.3 Å². The van der Waals surface area contributed by atoms with E-state index < -0.39 is 11.3 Å². The van der Waals surface area contributed by atoms with Crippen molar-refractivity contribution in [2.75, 3.05) is 20.3 Å². The van der Waals surface area contributed by atoms with Crippen LogP contribution in [0.1, 0.15) is 39.5 Å². The number of nitrogens with zero attached hydrogens (tertiary/aromatic N) is 1. The molecule has 0 aromatic carbocycles. The Balaban J connectivity index is 1.84. The standard InChI is InChI=1S/C17H27NO5/c1-4-5-6-16-12(8-19)17-14(10(2)9-22-17)11(7-13(16)23-17)18(16)15(20)21-3/h10-14,19H,4-9H2,1-3H3/t10?,11-,12+,13+,14-,16-,17-/m1/s1. The van der Waals surface area contributed by atoms with Gasteiger partial charge in [0.15, 0.2) is 5.79 Å². The first-order valence-electron chi connectivity index (χ1n) is 8.86. The molecule has 130 valence electrons. The topological polar surface area (TPSA) is 68.2 Å². The predicted octanol–water partition coefficient (Wildman–Crippen LogP) is 1.76. The number of carbonyl (C=O) groups is 1. The van der Waals surface area contributed by atoms with Crippen molar-refractivity contribution < 1.29 is 24.1 Å². The van der Waals surface area contributed by atoms with Gasteiger partial charge in [-0.2, -0.15) is 0 Å². The number of amides is 1. The summed E-state index contributed by atoms with van der Waals surface area (Å²) in [4.78, 5) is 14.6. The lowest BCUT2D eigenvalue weighted by Gasteiger charge is -2.53. The second-order valence-electron chi connectivity index (χ2n) is 7.61. The van der Waals surface area contributed by atoms with Crippen molar-refractivity contribution in [1.82, 2.24) is 4.90 Å². The highest BCUT2D eigenvalue weighted by atomic mass is 16.7. The van der Waals surface area contributed by atoms with Gasteiger partial charge in [0.05, 0.1) is 37.9 Å². The maximum Gasteiger partial charge on any atom is 0.410 e. The van der Waals surface area contributed by atoms with Crippen molar-refractivity contribution in [3.05, 3.63) is 0 Å². The first-order valence-corrected chi connectivity index (χ1v) is 8.86. The third-order valence-corrected chi connectivity index (χ3v) is 6.76. The first-order chi connectivity index (χ1) is 11.1. The third kappa shape index (κ3) is 1.62. The van der Waals surface area contributed by atoms with Crippen LogP contribution in [0.5, 0.6) is 0 Å². The van der Waals surface area contributed by atoms with Crippen molar-refractivity contribution >= 4 is 6.09 Å². The average Bonchev–Trinajstić information content (AvgIpc) is 3.09. The Morgan fingerprint density at radius 2 is 2.26 bits per heavy atom. The molecular formula is C17H27NO5. The van der Waals surface area contributed by atoms with Crippen molar-refractivity contribution in [1.29, 1.82) is 0 Å². The number of unbranched alkanes of at least 4 members (excludes halogenated alkanes) is 1. The van der Waals surface area contributed by atoms with Crippen molar-refractivity contribution in [2.45, 2.75) is 63.0 Å². The molecule has 1 unspecified atom stereocenters. The Morgan fingerprint density at radius 3 is 2.91 bits per heavy atom. The summed E-state index contributed by atoms with van der Waals surface area (Å²) in [5.41, 5.74) is -0.483. The van der Waals surface area contributed by atoms with Gasteiger partial charge >= 0.3 is 6.09 Å². The minimum absolute atomic E-state index is 0.0242. The van der Waals surface area contributed by atoms with Gasteiger partial charge in [-0.1, -0.05) is 26.7 Å². The molecule has 1 spiro atoms. The van der Waals surface area contributed by atoms with E-state index in [1.165, 1.54) is 7.11 Å². The highest BCUT2D eigenvalue weighted by molar-refractivity contribution is 5.71. The molecule has 5 heterocycles. The molecule has 7 atom stereocenters. The largest absolute Gasteiger partial charge is 0.453 e. The van der Waals surface area contributed by atoms with E-state index in [1.807, 2.05) is 4.90 Å². The number of ether oxygens (including phenoxy) is 3. The predicted molar refractivity (Wildman–Crippen MR) is 81.7 cm³/mol. The Hall–Kier alpha value is -0.850. The summed E-state index contributed by atoms with van der Waals surface area (Å²) < 4.78 is 17.7. The van der Waals surface area contributed by atoms with Gasteiger partial charge in [0.25, 0.3) is 0 Å². The Kier molecular flexibility index (Phi) is 3.45. The Bertz CT molecular complexity index is 513. The van der Waals surface area contributed by atoms with Crippen LogP contribution in [-0.2, 0) is 14.2 Å². The van der Waals surface area contributed by atoms with Crippen LogP contribution in [0.3, 0.4) is 0 Å². The van der Waals surface area contributed by atoms with Crippen LogP contribution in [0.15, 0.2) is 0 Å². The lowest BCUT2D eigenvalue weighted by molar-refractivity contribution is -0.275. The number of carbonyl (C=O) groups excluding carboxylic acids is 1. The molecule has 4 bridgehead atoms. The van der Waals surface area contributed by atoms with Gasteiger partial charge in [-0.25, -0.2) is 4.79 Å². The van der Waals surface area contributed by atoms with Gasteiger partial charge in [0.2, 0.25) is 0 Å². The summed E-state index contributed by atoms with van der Waals surface area (Å²) in [7, 11) is 1.44. The normalized spacial score (nSPS) is 49.7. The second kappa shape index (κ2) is 5.07.